The monoisotopic (exact) mass is 480 g/mol. The van der Waals surface area contributed by atoms with Crippen molar-refractivity contribution in [3.8, 4) is 5.69 Å². The number of nitrogens with one attached hydrogen (secondary N) is 4. The van der Waals surface area contributed by atoms with Crippen LogP contribution in [0.2, 0.25) is 0 Å². The van der Waals surface area contributed by atoms with Gasteiger partial charge in [0, 0.05) is 30.1 Å². The maximum Gasteiger partial charge on any atom is 0.259 e. The van der Waals surface area contributed by atoms with Gasteiger partial charge < -0.3 is 20.1 Å². The highest BCUT2D eigenvalue weighted by Gasteiger charge is 2.29. The molecule has 2 aliphatic rings. The Kier molecular flexibility index (Phi) is 5.74. The van der Waals surface area contributed by atoms with Gasteiger partial charge in [-0.15, -0.1) is 11.3 Å². The van der Waals surface area contributed by atoms with Crippen LogP contribution >= 0.6 is 11.3 Å². The van der Waals surface area contributed by atoms with E-state index in [2.05, 4.69) is 15.6 Å². The number of nitrogens with zero attached hydrogens (tertiary/aromatic N) is 4. The summed E-state index contributed by atoms with van der Waals surface area (Å²) in [6, 6.07) is 2.89. The molecule has 3 heterocycles. The van der Waals surface area contributed by atoms with Crippen molar-refractivity contribution in [3.63, 3.8) is 0 Å². The fourth-order valence-electron chi connectivity index (χ4n) is 4.01. The Bertz CT molecular complexity index is 1290. The second kappa shape index (κ2) is 8.73. The van der Waals surface area contributed by atoms with Crippen molar-refractivity contribution in [1.29, 1.82) is 10.8 Å². The number of fused-ring (bicyclic) bond motifs is 3. The van der Waals surface area contributed by atoms with Crippen molar-refractivity contribution in [3.05, 3.63) is 57.2 Å². The van der Waals surface area contributed by atoms with E-state index in [0.29, 0.717) is 24.0 Å². The lowest BCUT2D eigenvalue weighted by Crippen LogP contribution is -2.35. The summed E-state index contributed by atoms with van der Waals surface area (Å²) < 4.78 is 16.9. The summed E-state index contributed by atoms with van der Waals surface area (Å²) >= 11 is 1.18. The molecule has 1 amide bonds. The number of anilines is 1. The molecule has 0 radical (unpaired) electrons. The molecule has 176 valence electrons. The summed E-state index contributed by atoms with van der Waals surface area (Å²) in [7, 11) is 0. The van der Waals surface area contributed by atoms with Crippen LogP contribution in [-0.4, -0.2) is 43.6 Å². The molecule has 1 fully saturated rings. The highest BCUT2D eigenvalue weighted by atomic mass is 32.1. The number of carbonyl (C=O) groups excluding carboxylic acids is 1. The first-order valence-corrected chi connectivity index (χ1v) is 12.0. The molecule has 1 saturated carbocycles. The quantitative estimate of drug-likeness (QED) is 0.315. The lowest BCUT2D eigenvalue weighted by atomic mass is 10.1. The standard InChI is InChI=1S/C23H25FN8OS/c1-12(2)32(11-25)21(26)23-30-19(10-34-23)29-22(33)15-6-18-14(5-16(15)24)7-27-8-20-28-17(9-31(18)20)13-3-4-13/h5-6,9-13,25-27H,3-4,7-8H2,1-2H3,(H,29,33). The molecule has 5 rings (SSSR count). The Morgan fingerprint density at radius 1 is 1.35 bits per heavy atom. The van der Waals surface area contributed by atoms with Gasteiger partial charge in [0.25, 0.3) is 5.91 Å². The van der Waals surface area contributed by atoms with Crippen molar-refractivity contribution in [2.24, 2.45) is 0 Å². The number of hydrogen-bond donors (Lipinski definition) is 4. The molecule has 1 aromatic carbocycles. The third kappa shape index (κ3) is 4.12. The zero-order chi connectivity index (χ0) is 24.0. The van der Waals surface area contributed by atoms with Crippen LogP contribution in [0.1, 0.15) is 65.1 Å². The number of benzene rings is 1. The van der Waals surface area contributed by atoms with Gasteiger partial charge in [0.1, 0.15) is 17.5 Å². The Morgan fingerprint density at radius 3 is 2.85 bits per heavy atom. The van der Waals surface area contributed by atoms with E-state index < -0.39 is 11.7 Å². The van der Waals surface area contributed by atoms with Crippen LogP contribution in [-0.2, 0) is 13.1 Å². The molecule has 4 N–H and O–H groups in total. The fourth-order valence-corrected chi connectivity index (χ4v) is 4.71. The Balaban J connectivity index is 1.41. The van der Waals surface area contributed by atoms with Gasteiger partial charge in [0.15, 0.2) is 10.8 Å². The fraction of sp³-hybridized carbons (Fsp3) is 0.348. The minimum absolute atomic E-state index is 0.0679. The van der Waals surface area contributed by atoms with Gasteiger partial charge in [-0.1, -0.05) is 0 Å². The second-order valence-electron chi connectivity index (χ2n) is 8.76. The van der Waals surface area contributed by atoms with Crippen LogP contribution in [0, 0.1) is 16.6 Å². The lowest BCUT2D eigenvalue weighted by Gasteiger charge is -2.22. The Labute approximate surface area is 200 Å². The van der Waals surface area contributed by atoms with Gasteiger partial charge in [-0.05, 0) is 44.4 Å². The number of halogens is 1. The average Bonchev–Trinajstić information content (AvgIpc) is 3.45. The summed E-state index contributed by atoms with van der Waals surface area (Å²) in [4.78, 5) is 23.5. The largest absolute Gasteiger partial charge is 0.313 e. The summed E-state index contributed by atoms with van der Waals surface area (Å²) in [5.74, 6) is 0.419. The molecule has 3 aromatic rings. The average molecular weight is 481 g/mol. The number of aromatic nitrogens is 3. The first kappa shape index (κ1) is 22.4. The topological polar surface area (TPSA) is 123 Å². The summed E-state index contributed by atoms with van der Waals surface area (Å²) in [6.07, 6.45) is 5.34. The highest BCUT2D eigenvalue weighted by molar-refractivity contribution is 7.12. The third-order valence-electron chi connectivity index (χ3n) is 5.97. The van der Waals surface area contributed by atoms with Crippen molar-refractivity contribution >= 4 is 35.2 Å². The SMILES string of the molecule is CC(C)N(C=N)C(=N)c1nc(NC(=O)c2cc3c(cc2F)CNCc2nc(C4CC4)cn2-3)cs1. The van der Waals surface area contributed by atoms with Gasteiger partial charge in [0.2, 0.25) is 0 Å². The number of amides is 1. The molecule has 1 aliphatic heterocycles. The zero-order valence-corrected chi connectivity index (χ0v) is 19.7. The number of hydrogen-bond acceptors (Lipinski definition) is 7. The molecule has 2 aromatic heterocycles. The van der Waals surface area contributed by atoms with Gasteiger partial charge in [-0.25, -0.2) is 14.4 Å². The van der Waals surface area contributed by atoms with Crippen LogP contribution in [0.3, 0.4) is 0 Å². The van der Waals surface area contributed by atoms with Crippen LogP contribution in [0.25, 0.3) is 5.69 Å². The van der Waals surface area contributed by atoms with Gasteiger partial charge in [-0.3, -0.25) is 15.6 Å². The van der Waals surface area contributed by atoms with E-state index in [0.717, 1.165) is 41.9 Å². The molecule has 0 unspecified atom stereocenters. The number of imidazole rings is 1. The molecule has 34 heavy (non-hydrogen) atoms. The number of rotatable bonds is 6. The molecular weight excluding hydrogens is 455 g/mol. The van der Waals surface area contributed by atoms with E-state index in [9.17, 15) is 9.18 Å². The van der Waals surface area contributed by atoms with E-state index in [4.69, 9.17) is 15.8 Å². The van der Waals surface area contributed by atoms with Gasteiger partial charge >= 0.3 is 0 Å². The summed E-state index contributed by atoms with van der Waals surface area (Å²) in [6.45, 7) is 4.78. The summed E-state index contributed by atoms with van der Waals surface area (Å²) in [5, 5.41) is 23.7. The zero-order valence-electron chi connectivity index (χ0n) is 18.9. The number of amidine groups is 1. The van der Waals surface area contributed by atoms with Gasteiger partial charge in [0.05, 0.1) is 29.8 Å². The molecule has 9 nitrogen and oxygen atoms in total. The van der Waals surface area contributed by atoms with E-state index in [-0.39, 0.29) is 23.3 Å². The number of carbonyl (C=O) groups is 1. The summed E-state index contributed by atoms with van der Waals surface area (Å²) in [5.41, 5.74) is 2.46. The van der Waals surface area contributed by atoms with E-state index in [1.54, 1.807) is 11.4 Å². The van der Waals surface area contributed by atoms with E-state index in [1.165, 1.54) is 22.3 Å². The first-order chi connectivity index (χ1) is 16.4. The highest BCUT2D eigenvalue weighted by Crippen LogP contribution is 2.40. The number of thiazole rings is 1. The first-order valence-electron chi connectivity index (χ1n) is 11.1. The molecule has 0 spiro atoms. The van der Waals surface area contributed by atoms with E-state index in [1.807, 2.05) is 24.6 Å². The smallest absolute Gasteiger partial charge is 0.259 e. The molecule has 0 saturated heterocycles. The predicted molar refractivity (Wildman–Crippen MR) is 129 cm³/mol. The predicted octanol–water partition coefficient (Wildman–Crippen LogP) is 3.84. The van der Waals surface area contributed by atoms with Crippen LogP contribution in [0.5, 0.6) is 0 Å². The molecule has 1 aliphatic carbocycles. The normalized spacial score (nSPS) is 14.8. The van der Waals surface area contributed by atoms with Crippen LogP contribution < -0.4 is 10.6 Å². The van der Waals surface area contributed by atoms with Gasteiger partial charge in [-0.2, -0.15) is 0 Å². The minimum Gasteiger partial charge on any atom is -0.313 e. The van der Waals surface area contributed by atoms with Crippen molar-refractivity contribution in [2.75, 3.05) is 5.32 Å². The molecule has 0 atom stereocenters. The Hall–Kier alpha value is -3.44. The third-order valence-corrected chi connectivity index (χ3v) is 6.82. The van der Waals surface area contributed by atoms with Crippen LogP contribution in [0.15, 0.2) is 23.7 Å². The molecule has 11 heteroatoms. The van der Waals surface area contributed by atoms with Crippen molar-refractivity contribution < 1.29 is 9.18 Å². The van der Waals surface area contributed by atoms with Crippen molar-refractivity contribution in [1.82, 2.24) is 24.8 Å². The second-order valence-corrected chi connectivity index (χ2v) is 9.62. The maximum atomic E-state index is 15.0. The van der Waals surface area contributed by atoms with Crippen molar-refractivity contribution in [2.45, 2.75) is 51.7 Å². The van der Waals surface area contributed by atoms with Crippen LogP contribution in [0.4, 0.5) is 10.2 Å². The lowest BCUT2D eigenvalue weighted by molar-refractivity contribution is 0.102. The molecule has 0 bridgehead atoms. The maximum absolute atomic E-state index is 15.0. The Morgan fingerprint density at radius 2 is 2.15 bits per heavy atom. The molecular formula is C23H25FN8OS. The van der Waals surface area contributed by atoms with E-state index >= 15 is 0 Å². The minimum atomic E-state index is -0.613.